The molecule has 0 aromatic heterocycles. The highest BCUT2D eigenvalue weighted by atomic mass is 32.2. The molecular formula is C22H22N2O5S. The predicted octanol–water partition coefficient (Wildman–Crippen LogP) is 4.06. The van der Waals surface area contributed by atoms with Crippen molar-refractivity contribution in [2.24, 2.45) is 11.8 Å². The summed E-state index contributed by atoms with van der Waals surface area (Å²) in [6.45, 7) is 1.95. The summed E-state index contributed by atoms with van der Waals surface area (Å²) in [5.74, 6) is -0.532. The number of nitrogens with zero attached hydrogens (tertiary/aromatic N) is 2. The van der Waals surface area contributed by atoms with Gasteiger partial charge in [-0.3, -0.25) is 19.2 Å². The van der Waals surface area contributed by atoms with Crippen LogP contribution >= 0.6 is 0 Å². The smallest absolute Gasteiger partial charge is 0.269 e. The third-order valence-electron chi connectivity index (χ3n) is 6.00. The van der Waals surface area contributed by atoms with Crippen molar-refractivity contribution in [1.82, 2.24) is 4.31 Å². The summed E-state index contributed by atoms with van der Waals surface area (Å²) in [4.78, 5) is 23.2. The van der Waals surface area contributed by atoms with Crippen LogP contribution in [0.3, 0.4) is 0 Å². The molecule has 2 aliphatic rings. The van der Waals surface area contributed by atoms with Gasteiger partial charge in [-0.05, 0) is 43.0 Å². The van der Waals surface area contributed by atoms with Gasteiger partial charge in [0.15, 0.2) is 0 Å². The Bertz CT molecular complexity index is 1120. The molecule has 2 aliphatic carbocycles. The average Bonchev–Trinajstić information content (AvgIpc) is 2.87. The third kappa shape index (κ3) is 3.41. The van der Waals surface area contributed by atoms with Crippen LogP contribution in [0.4, 0.5) is 5.69 Å². The molecule has 0 N–H and O–H groups in total. The van der Waals surface area contributed by atoms with E-state index >= 15 is 0 Å². The Hall–Kier alpha value is -3.00. The molecule has 4 rings (SSSR count). The molecule has 2 aromatic rings. The van der Waals surface area contributed by atoms with E-state index in [9.17, 15) is 23.3 Å². The molecule has 30 heavy (non-hydrogen) atoms. The van der Waals surface area contributed by atoms with E-state index in [1.165, 1.54) is 28.6 Å². The normalized spacial score (nSPS) is 21.0. The van der Waals surface area contributed by atoms with E-state index in [0.29, 0.717) is 12.1 Å². The number of Topliss-reactive ketones (excluding diaryl/α,β-unsaturated/α-hetero) is 1. The molecule has 2 bridgehead atoms. The zero-order valence-electron chi connectivity index (χ0n) is 16.5. The fourth-order valence-corrected chi connectivity index (χ4v) is 6.08. The number of carbonyl (C=O) groups excluding carboxylic acids is 1. The first-order valence-electron chi connectivity index (χ1n) is 9.86. The number of rotatable bonds is 6. The van der Waals surface area contributed by atoms with E-state index in [-0.39, 0.29) is 28.8 Å². The van der Waals surface area contributed by atoms with Gasteiger partial charge in [-0.25, -0.2) is 8.42 Å². The molecule has 0 amide bonds. The summed E-state index contributed by atoms with van der Waals surface area (Å²) in [6.07, 6.45) is 2.28. The van der Waals surface area contributed by atoms with Crippen LogP contribution in [0, 0.1) is 22.0 Å². The number of allylic oxidation sites excluding steroid dienone is 2. The number of nitro benzene ring substituents is 1. The minimum absolute atomic E-state index is 0.0294. The number of carbonyl (C=O) groups is 1. The van der Waals surface area contributed by atoms with Gasteiger partial charge in [0.05, 0.1) is 22.3 Å². The fourth-order valence-electron chi connectivity index (χ4n) is 4.49. The number of hydrogen-bond acceptors (Lipinski definition) is 5. The number of sulfonamides is 1. The van der Waals surface area contributed by atoms with Crippen molar-refractivity contribution in [2.45, 2.75) is 37.6 Å². The molecule has 0 radical (unpaired) electrons. The molecule has 8 heteroatoms. The van der Waals surface area contributed by atoms with Crippen molar-refractivity contribution in [3.63, 3.8) is 0 Å². The molecule has 1 saturated carbocycles. The van der Waals surface area contributed by atoms with Gasteiger partial charge in [0, 0.05) is 23.7 Å². The number of fused-ring (bicyclic) bond motifs is 2. The van der Waals surface area contributed by atoms with Gasteiger partial charge in [0.2, 0.25) is 0 Å². The Balaban J connectivity index is 1.81. The summed E-state index contributed by atoms with van der Waals surface area (Å²) < 4.78 is 28.7. The van der Waals surface area contributed by atoms with Crippen LogP contribution in [0.2, 0.25) is 0 Å². The molecule has 0 aliphatic heterocycles. The molecule has 2 aromatic carbocycles. The second kappa shape index (κ2) is 7.68. The van der Waals surface area contributed by atoms with Crippen molar-refractivity contribution in [2.75, 3.05) is 0 Å². The lowest BCUT2D eigenvalue weighted by atomic mass is 9.85. The summed E-state index contributed by atoms with van der Waals surface area (Å²) in [6, 6.07) is 14.1. The maximum Gasteiger partial charge on any atom is 0.269 e. The van der Waals surface area contributed by atoms with Gasteiger partial charge >= 0.3 is 0 Å². The van der Waals surface area contributed by atoms with E-state index < -0.39 is 20.9 Å². The van der Waals surface area contributed by atoms with Gasteiger partial charge in [-0.2, -0.15) is 0 Å². The fraction of sp³-hybridized carbons (Fsp3) is 0.318. The minimum atomic E-state index is -4.02. The maximum absolute atomic E-state index is 13.7. The van der Waals surface area contributed by atoms with E-state index in [1.54, 1.807) is 0 Å². The monoisotopic (exact) mass is 426 g/mol. The van der Waals surface area contributed by atoms with Gasteiger partial charge in [0.25, 0.3) is 15.7 Å². The molecule has 7 nitrogen and oxygen atoms in total. The molecule has 1 fully saturated rings. The molecule has 156 valence electrons. The van der Waals surface area contributed by atoms with Crippen LogP contribution in [-0.2, 0) is 21.4 Å². The Labute approximate surface area is 175 Å². The van der Waals surface area contributed by atoms with E-state index in [0.717, 1.165) is 24.0 Å². The number of ketones is 1. The first-order chi connectivity index (χ1) is 14.3. The highest BCUT2D eigenvalue weighted by Crippen LogP contribution is 2.46. The molecule has 2 atom stereocenters. The SMILES string of the molecule is CC1=C(N(Cc2ccccc2)S(=O)(=O)c2ccc([N+](=O)[O-])cc2)[C@H]2CCC[C@@H]1C2=O. The zero-order valence-corrected chi connectivity index (χ0v) is 17.3. The van der Waals surface area contributed by atoms with E-state index in [1.807, 2.05) is 37.3 Å². The second-order valence-electron chi connectivity index (χ2n) is 7.75. The van der Waals surface area contributed by atoms with Crippen LogP contribution in [-0.4, -0.2) is 23.4 Å². The van der Waals surface area contributed by atoms with Crippen LogP contribution in [0.25, 0.3) is 0 Å². The molecule has 0 saturated heterocycles. The lowest BCUT2D eigenvalue weighted by Gasteiger charge is -2.30. The highest BCUT2D eigenvalue weighted by molar-refractivity contribution is 7.89. The topological polar surface area (TPSA) is 97.6 Å². The van der Waals surface area contributed by atoms with Crippen molar-refractivity contribution in [3.05, 3.63) is 81.5 Å². The summed E-state index contributed by atoms with van der Waals surface area (Å²) in [5.41, 5.74) is 2.02. The van der Waals surface area contributed by atoms with Crippen molar-refractivity contribution >= 4 is 21.5 Å². The first kappa shape index (κ1) is 20.3. The van der Waals surface area contributed by atoms with E-state index in [2.05, 4.69) is 0 Å². The highest BCUT2D eigenvalue weighted by Gasteiger charge is 2.46. The first-order valence-corrected chi connectivity index (χ1v) is 11.3. The Morgan fingerprint density at radius 3 is 2.27 bits per heavy atom. The quantitative estimate of drug-likeness (QED) is 0.512. The molecule has 0 spiro atoms. The number of benzene rings is 2. The standard InChI is InChI=1S/C22H22N2O5S/c1-15-19-8-5-9-20(22(19)25)21(15)23(14-16-6-3-2-4-7-16)30(28,29)18-12-10-17(11-13-18)24(26)27/h2-4,6-7,10-13,19-20H,5,8-9,14H2,1H3/t19-,20+/m0/s1. The Morgan fingerprint density at radius 2 is 1.67 bits per heavy atom. The zero-order chi connectivity index (χ0) is 21.5. The van der Waals surface area contributed by atoms with Gasteiger partial charge < -0.3 is 0 Å². The van der Waals surface area contributed by atoms with Crippen LogP contribution < -0.4 is 0 Å². The van der Waals surface area contributed by atoms with Gasteiger partial charge in [0.1, 0.15) is 5.78 Å². The van der Waals surface area contributed by atoms with E-state index in [4.69, 9.17) is 0 Å². The van der Waals surface area contributed by atoms with Crippen LogP contribution in [0.5, 0.6) is 0 Å². The minimum Gasteiger partial charge on any atom is -0.298 e. The van der Waals surface area contributed by atoms with Crippen molar-refractivity contribution in [3.8, 4) is 0 Å². The number of non-ortho nitro benzene ring substituents is 1. The van der Waals surface area contributed by atoms with Crippen LogP contribution in [0.1, 0.15) is 31.7 Å². The molecule has 0 heterocycles. The van der Waals surface area contributed by atoms with Crippen molar-refractivity contribution < 1.29 is 18.1 Å². The second-order valence-corrected chi connectivity index (χ2v) is 9.62. The summed E-state index contributed by atoms with van der Waals surface area (Å²) >= 11 is 0. The summed E-state index contributed by atoms with van der Waals surface area (Å²) in [5, 5.41) is 11.0. The lowest BCUT2D eigenvalue weighted by molar-refractivity contribution is -0.384. The summed E-state index contributed by atoms with van der Waals surface area (Å²) in [7, 11) is -4.02. The maximum atomic E-state index is 13.7. The Morgan fingerprint density at radius 1 is 1.03 bits per heavy atom. The third-order valence-corrected chi connectivity index (χ3v) is 7.78. The number of hydrogen-bond donors (Lipinski definition) is 0. The average molecular weight is 426 g/mol. The largest absolute Gasteiger partial charge is 0.298 e. The predicted molar refractivity (Wildman–Crippen MR) is 111 cm³/mol. The number of nitro groups is 1. The van der Waals surface area contributed by atoms with Crippen LogP contribution in [0.15, 0.2) is 70.8 Å². The Kier molecular flexibility index (Phi) is 5.19. The lowest BCUT2D eigenvalue weighted by Crippen LogP contribution is -2.34. The van der Waals surface area contributed by atoms with Gasteiger partial charge in [-0.1, -0.05) is 36.8 Å². The van der Waals surface area contributed by atoms with Crippen molar-refractivity contribution in [1.29, 1.82) is 0 Å². The molecule has 0 unspecified atom stereocenters. The van der Waals surface area contributed by atoms with Gasteiger partial charge in [-0.15, -0.1) is 0 Å². The molecular weight excluding hydrogens is 404 g/mol.